The van der Waals surface area contributed by atoms with E-state index >= 15 is 0 Å². The summed E-state index contributed by atoms with van der Waals surface area (Å²) in [5.41, 5.74) is 0. The second kappa shape index (κ2) is 7.36. The van der Waals surface area contributed by atoms with Gasteiger partial charge < -0.3 is 18.9 Å². The highest BCUT2D eigenvalue weighted by Crippen LogP contribution is 2.31. The lowest BCUT2D eigenvalue weighted by Gasteiger charge is -2.27. The van der Waals surface area contributed by atoms with E-state index in [1.165, 1.54) is 6.42 Å². The smallest absolute Gasteiger partial charge is 0.252 e. The molecule has 0 amide bonds. The van der Waals surface area contributed by atoms with Crippen LogP contribution in [0.5, 0.6) is 5.88 Å². The van der Waals surface area contributed by atoms with Crippen molar-refractivity contribution in [1.29, 1.82) is 0 Å². The zero-order valence-corrected chi connectivity index (χ0v) is 13.4. The number of ether oxygens (including phenoxy) is 2. The zero-order chi connectivity index (χ0) is 16.1. The van der Waals surface area contributed by atoms with Gasteiger partial charge >= 0.3 is 0 Å². The van der Waals surface area contributed by atoms with Crippen molar-refractivity contribution >= 4 is 5.95 Å². The Bertz CT molecular complexity index is 633. The lowest BCUT2D eigenvalue weighted by Crippen LogP contribution is -2.30. The Labute approximate surface area is 134 Å². The molecule has 124 valence electrons. The minimum absolute atomic E-state index is 0.000961. The summed E-state index contributed by atoms with van der Waals surface area (Å²) in [7, 11) is 3.20. The van der Waals surface area contributed by atoms with Crippen molar-refractivity contribution < 1.29 is 14.0 Å². The SMILES string of the molecule is COCc1nc(C2CCCCCN2c2nccc(OC)n2)no1. The van der Waals surface area contributed by atoms with E-state index in [1.54, 1.807) is 26.5 Å². The maximum atomic E-state index is 5.25. The highest BCUT2D eigenvalue weighted by molar-refractivity contribution is 5.35. The van der Waals surface area contributed by atoms with E-state index in [1.807, 2.05) is 0 Å². The first-order valence-corrected chi connectivity index (χ1v) is 7.77. The molecule has 0 saturated carbocycles. The van der Waals surface area contributed by atoms with Crippen molar-refractivity contribution in [3.05, 3.63) is 24.0 Å². The van der Waals surface area contributed by atoms with Crippen LogP contribution < -0.4 is 9.64 Å². The van der Waals surface area contributed by atoms with Crippen molar-refractivity contribution in [3.63, 3.8) is 0 Å². The van der Waals surface area contributed by atoms with E-state index in [-0.39, 0.29) is 6.04 Å². The molecule has 2 aromatic rings. The number of hydrogen-bond donors (Lipinski definition) is 0. The Morgan fingerprint density at radius 2 is 2.17 bits per heavy atom. The molecule has 0 spiro atoms. The minimum atomic E-state index is -0.000961. The molecule has 0 bridgehead atoms. The fourth-order valence-electron chi connectivity index (χ4n) is 2.79. The van der Waals surface area contributed by atoms with Gasteiger partial charge in [0.2, 0.25) is 11.8 Å². The molecule has 2 aromatic heterocycles. The molecule has 1 unspecified atom stereocenters. The average Bonchev–Trinajstić information content (AvgIpc) is 2.90. The second-order valence-electron chi connectivity index (χ2n) is 5.44. The van der Waals surface area contributed by atoms with Crippen LogP contribution in [0.25, 0.3) is 0 Å². The van der Waals surface area contributed by atoms with Crippen LogP contribution in [-0.4, -0.2) is 40.9 Å². The van der Waals surface area contributed by atoms with Crippen LogP contribution >= 0.6 is 0 Å². The van der Waals surface area contributed by atoms with Crippen molar-refractivity contribution in [3.8, 4) is 5.88 Å². The third-order valence-corrected chi connectivity index (χ3v) is 3.89. The monoisotopic (exact) mass is 319 g/mol. The molecule has 1 aliphatic heterocycles. The lowest BCUT2D eigenvalue weighted by atomic mass is 10.1. The molecule has 1 saturated heterocycles. The topological polar surface area (TPSA) is 86.4 Å². The molecule has 1 aliphatic rings. The highest BCUT2D eigenvalue weighted by Gasteiger charge is 2.29. The molecule has 0 aliphatic carbocycles. The quantitative estimate of drug-likeness (QED) is 0.828. The van der Waals surface area contributed by atoms with Gasteiger partial charge in [-0.25, -0.2) is 4.98 Å². The Kier molecular flexibility index (Phi) is 5.02. The summed E-state index contributed by atoms with van der Waals surface area (Å²) in [5, 5.41) is 4.12. The Balaban J connectivity index is 1.89. The number of rotatable bonds is 5. The van der Waals surface area contributed by atoms with Gasteiger partial charge in [0.15, 0.2) is 5.82 Å². The molecule has 8 heteroatoms. The molecule has 23 heavy (non-hydrogen) atoms. The van der Waals surface area contributed by atoms with Crippen molar-refractivity contribution in [2.75, 3.05) is 25.7 Å². The predicted octanol–water partition coefficient (Wildman–Crippen LogP) is 2.14. The number of aromatic nitrogens is 4. The van der Waals surface area contributed by atoms with Gasteiger partial charge in [-0.3, -0.25) is 0 Å². The van der Waals surface area contributed by atoms with Gasteiger partial charge in [-0.1, -0.05) is 18.0 Å². The van der Waals surface area contributed by atoms with E-state index < -0.39 is 0 Å². The third-order valence-electron chi connectivity index (χ3n) is 3.89. The van der Waals surface area contributed by atoms with E-state index in [2.05, 4.69) is 25.0 Å². The molecule has 1 fully saturated rings. The van der Waals surface area contributed by atoms with Crippen LogP contribution in [0.1, 0.15) is 43.4 Å². The zero-order valence-electron chi connectivity index (χ0n) is 13.4. The van der Waals surface area contributed by atoms with Gasteiger partial charge in [-0.2, -0.15) is 9.97 Å². The maximum absolute atomic E-state index is 5.25. The lowest BCUT2D eigenvalue weighted by molar-refractivity contribution is 0.151. The van der Waals surface area contributed by atoms with Gasteiger partial charge in [0, 0.05) is 25.9 Å². The molecule has 3 rings (SSSR count). The summed E-state index contributed by atoms with van der Waals surface area (Å²) in [4.78, 5) is 15.4. The van der Waals surface area contributed by atoms with Crippen LogP contribution in [0, 0.1) is 0 Å². The van der Waals surface area contributed by atoms with E-state index in [9.17, 15) is 0 Å². The number of hydrogen-bond acceptors (Lipinski definition) is 8. The number of anilines is 1. The van der Waals surface area contributed by atoms with E-state index in [4.69, 9.17) is 14.0 Å². The van der Waals surface area contributed by atoms with Crippen LogP contribution in [0.3, 0.4) is 0 Å². The first-order chi connectivity index (χ1) is 11.3. The first kappa shape index (κ1) is 15.7. The number of nitrogens with zero attached hydrogens (tertiary/aromatic N) is 5. The Morgan fingerprint density at radius 3 is 3.00 bits per heavy atom. The van der Waals surface area contributed by atoms with Crippen molar-refractivity contribution in [1.82, 2.24) is 20.1 Å². The van der Waals surface area contributed by atoms with Gasteiger partial charge in [-0.05, 0) is 12.8 Å². The molecular formula is C15H21N5O3. The van der Waals surface area contributed by atoms with Crippen molar-refractivity contribution in [2.24, 2.45) is 0 Å². The minimum Gasteiger partial charge on any atom is -0.481 e. The van der Waals surface area contributed by atoms with Crippen LogP contribution in [0.2, 0.25) is 0 Å². The largest absolute Gasteiger partial charge is 0.481 e. The summed E-state index contributed by atoms with van der Waals surface area (Å²) >= 11 is 0. The van der Waals surface area contributed by atoms with E-state index in [0.29, 0.717) is 30.2 Å². The normalized spacial score (nSPS) is 18.7. The first-order valence-electron chi connectivity index (χ1n) is 7.77. The van der Waals surface area contributed by atoms with Crippen LogP contribution in [0.15, 0.2) is 16.8 Å². The standard InChI is InChI=1S/C15H21N5O3/c1-21-10-13-17-14(19-23-13)11-6-4-3-5-9-20(11)15-16-8-7-12(18-15)22-2/h7-8,11H,3-6,9-10H2,1-2H3. The summed E-state index contributed by atoms with van der Waals surface area (Å²) in [6.07, 6.45) is 6.00. The van der Waals surface area contributed by atoms with Gasteiger partial charge in [0.05, 0.1) is 13.2 Å². The van der Waals surface area contributed by atoms with Crippen LogP contribution in [-0.2, 0) is 11.3 Å². The Morgan fingerprint density at radius 1 is 1.26 bits per heavy atom. The van der Waals surface area contributed by atoms with Gasteiger partial charge in [0.25, 0.3) is 5.89 Å². The third kappa shape index (κ3) is 3.58. The summed E-state index contributed by atoms with van der Waals surface area (Å²) in [6.45, 7) is 1.17. The predicted molar refractivity (Wildman–Crippen MR) is 82.2 cm³/mol. The summed E-state index contributed by atoms with van der Waals surface area (Å²) < 4.78 is 15.5. The molecule has 8 nitrogen and oxygen atoms in total. The fraction of sp³-hybridized carbons (Fsp3) is 0.600. The molecular weight excluding hydrogens is 298 g/mol. The summed E-state index contributed by atoms with van der Waals surface area (Å²) in [5.74, 6) is 2.32. The molecule has 0 N–H and O–H groups in total. The molecule has 0 radical (unpaired) electrons. The second-order valence-corrected chi connectivity index (χ2v) is 5.44. The van der Waals surface area contributed by atoms with Gasteiger partial charge in [-0.15, -0.1) is 0 Å². The summed E-state index contributed by atoms with van der Waals surface area (Å²) in [6, 6.07) is 1.74. The van der Waals surface area contributed by atoms with E-state index in [0.717, 1.165) is 25.8 Å². The molecule has 3 heterocycles. The Hall–Kier alpha value is -2.22. The fourth-order valence-corrected chi connectivity index (χ4v) is 2.79. The maximum Gasteiger partial charge on any atom is 0.252 e. The number of methoxy groups -OCH3 is 2. The molecule has 0 aromatic carbocycles. The van der Waals surface area contributed by atoms with Gasteiger partial charge in [0.1, 0.15) is 6.61 Å². The van der Waals surface area contributed by atoms with Crippen molar-refractivity contribution in [2.45, 2.75) is 38.3 Å². The van der Waals surface area contributed by atoms with Crippen LogP contribution in [0.4, 0.5) is 5.95 Å². The average molecular weight is 319 g/mol. The highest BCUT2D eigenvalue weighted by atomic mass is 16.5. The molecule has 1 atom stereocenters.